The highest BCUT2D eigenvalue weighted by atomic mass is 32.2. The van der Waals surface area contributed by atoms with E-state index >= 15 is 0 Å². The number of amides is 1. The molecule has 0 spiro atoms. The molecule has 4 aromatic carbocycles. The Hall–Kier alpha value is -4.89. The first-order valence-corrected chi connectivity index (χ1v) is 14.0. The minimum absolute atomic E-state index is 0.117. The quantitative estimate of drug-likeness (QED) is 0.119. The number of hydrogen-bond donors (Lipinski definition) is 1. The number of hydrazone groups is 1. The van der Waals surface area contributed by atoms with Gasteiger partial charge < -0.3 is 9.47 Å². The number of rotatable bonds is 11. The normalized spacial score (nSPS) is 11.0. The van der Waals surface area contributed by atoms with E-state index in [9.17, 15) is 4.79 Å². The molecule has 1 N–H and O–H groups in total. The van der Waals surface area contributed by atoms with Gasteiger partial charge in [-0.2, -0.15) is 5.10 Å². The van der Waals surface area contributed by atoms with Crippen molar-refractivity contribution in [3.8, 4) is 28.6 Å². The SMILES string of the molecule is COc1cc(/C=N\NC(=O)CSc2nnc(-c3ccccc3)n2-c2ccc(C)cc2)ccc1OCc1ccccc1. The number of hydrogen-bond acceptors (Lipinski definition) is 7. The molecule has 0 atom stereocenters. The van der Waals surface area contributed by atoms with Crippen molar-refractivity contribution in [3.63, 3.8) is 0 Å². The van der Waals surface area contributed by atoms with Crippen LogP contribution < -0.4 is 14.9 Å². The van der Waals surface area contributed by atoms with Crippen molar-refractivity contribution in [1.29, 1.82) is 0 Å². The van der Waals surface area contributed by atoms with Crippen LogP contribution in [-0.4, -0.2) is 39.7 Å². The van der Waals surface area contributed by atoms with Gasteiger partial charge in [-0.15, -0.1) is 10.2 Å². The molecule has 5 aromatic rings. The predicted molar refractivity (Wildman–Crippen MR) is 162 cm³/mol. The van der Waals surface area contributed by atoms with Crippen molar-refractivity contribution in [2.24, 2.45) is 5.10 Å². The van der Waals surface area contributed by atoms with Crippen LogP contribution in [0.4, 0.5) is 0 Å². The molecule has 0 aliphatic heterocycles. The summed E-state index contributed by atoms with van der Waals surface area (Å²) in [5.41, 5.74) is 7.42. The fraction of sp³-hybridized carbons (Fsp3) is 0.125. The van der Waals surface area contributed by atoms with E-state index in [1.807, 2.05) is 109 Å². The Morgan fingerprint density at radius 2 is 1.66 bits per heavy atom. The summed E-state index contributed by atoms with van der Waals surface area (Å²) < 4.78 is 13.4. The molecule has 1 heterocycles. The summed E-state index contributed by atoms with van der Waals surface area (Å²) in [5.74, 6) is 1.77. The molecule has 1 amide bonds. The molecule has 0 aliphatic carbocycles. The fourth-order valence-corrected chi connectivity index (χ4v) is 4.77. The molecule has 9 heteroatoms. The number of thioether (sulfide) groups is 1. The summed E-state index contributed by atoms with van der Waals surface area (Å²) in [6.07, 6.45) is 1.56. The minimum Gasteiger partial charge on any atom is -0.493 e. The van der Waals surface area contributed by atoms with Gasteiger partial charge in [0.25, 0.3) is 5.91 Å². The van der Waals surface area contributed by atoms with Crippen LogP contribution >= 0.6 is 11.8 Å². The van der Waals surface area contributed by atoms with Crippen LogP contribution in [0.5, 0.6) is 11.5 Å². The number of methoxy groups -OCH3 is 1. The van der Waals surface area contributed by atoms with E-state index in [1.165, 1.54) is 11.8 Å². The Labute approximate surface area is 243 Å². The largest absolute Gasteiger partial charge is 0.493 e. The smallest absolute Gasteiger partial charge is 0.250 e. The van der Waals surface area contributed by atoms with Gasteiger partial charge in [0.2, 0.25) is 0 Å². The Morgan fingerprint density at radius 3 is 2.39 bits per heavy atom. The van der Waals surface area contributed by atoms with E-state index in [0.29, 0.717) is 29.1 Å². The van der Waals surface area contributed by atoms with Gasteiger partial charge in [0.05, 0.1) is 19.1 Å². The van der Waals surface area contributed by atoms with Gasteiger partial charge in [-0.25, -0.2) is 5.43 Å². The molecule has 1 aromatic heterocycles. The molecule has 0 bridgehead atoms. The number of benzene rings is 4. The third-order valence-electron chi connectivity index (χ3n) is 6.12. The van der Waals surface area contributed by atoms with E-state index in [-0.39, 0.29) is 11.7 Å². The molecule has 0 unspecified atom stereocenters. The number of nitrogens with one attached hydrogen (secondary N) is 1. The van der Waals surface area contributed by atoms with E-state index < -0.39 is 0 Å². The second-order valence-corrected chi connectivity index (χ2v) is 10.1. The molecule has 0 radical (unpaired) electrons. The summed E-state index contributed by atoms with van der Waals surface area (Å²) in [5, 5.41) is 13.5. The van der Waals surface area contributed by atoms with Crippen molar-refractivity contribution in [3.05, 3.63) is 120 Å². The lowest BCUT2D eigenvalue weighted by Gasteiger charge is -2.11. The predicted octanol–water partition coefficient (Wildman–Crippen LogP) is 6.07. The standard InChI is InChI=1S/C32H29N5O3S/c1-23-13-16-27(17-14-23)37-31(26-11-7-4-8-12-26)35-36-32(37)41-22-30(38)34-33-20-25-15-18-28(29(19-25)39-2)40-21-24-9-5-3-6-10-24/h3-20H,21-22H2,1-2H3,(H,34,38)/b33-20-. The average molecular weight is 564 g/mol. The van der Waals surface area contributed by atoms with E-state index in [0.717, 1.165) is 27.9 Å². The zero-order chi connectivity index (χ0) is 28.4. The minimum atomic E-state index is -0.263. The van der Waals surface area contributed by atoms with Crippen molar-refractivity contribution in [1.82, 2.24) is 20.2 Å². The Morgan fingerprint density at radius 1 is 0.927 bits per heavy atom. The van der Waals surface area contributed by atoms with E-state index in [4.69, 9.17) is 9.47 Å². The zero-order valence-corrected chi connectivity index (χ0v) is 23.5. The van der Waals surface area contributed by atoms with Crippen molar-refractivity contribution in [2.75, 3.05) is 12.9 Å². The molecule has 0 saturated carbocycles. The molecule has 8 nitrogen and oxygen atoms in total. The number of carbonyl (C=O) groups excluding carboxylic acids is 1. The average Bonchev–Trinajstić information content (AvgIpc) is 3.44. The van der Waals surface area contributed by atoms with Crippen LogP contribution in [0, 0.1) is 6.92 Å². The maximum atomic E-state index is 12.6. The van der Waals surface area contributed by atoms with Crippen LogP contribution in [0.1, 0.15) is 16.7 Å². The topological polar surface area (TPSA) is 90.6 Å². The first kappa shape index (κ1) is 27.7. The number of ether oxygens (including phenoxy) is 2. The van der Waals surface area contributed by atoms with Crippen LogP contribution in [-0.2, 0) is 11.4 Å². The molecule has 206 valence electrons. The fourth-order valence-electron chi connectivity index (χ4n) is 4.02. The molecule has 0 fully saturated rings. The zero-order valence-electron chi connectivity index (χ0n) is 22.7. The van der Waals surface area contributed by atoms with Gasteiger partial charge in [0, 0.05) is 11.3 Å². The molecule has 0 aliphatic rings. The van der Waals surface area contributed by atoms with E-state index in [2.05, 4.69) is 20.7 Å². The van der Waals surface area contributed by atoms with Crippen LogP contribution in [0.25, 0.3) is 17.1 Å². The van der Waals surface area contributed by atoms with Gasteiger partial charge in [0.1, 0.15) is 6.61 Å². The molecular formula is C32H29N5O3S. The van der Waals surface area contributed by atoms with Crippen molar-refractivity contribution in [2.45, 2.75) is 18.7 Å². The lowest BCUT2D eigenvalue weighted by Crippen LogP contribution is -2.20. The summed E-state index contributed by atoms with van der Waals surface area (Å²) in [4.78, 5) is 12.6. The molecule has 5 rings (SSSR count). The summed E-state index contributed by atoms with van der Waals surface area (Å²) in [7, 11) is 1.59. The Kier molecular flexibility index (Phi) is 9.08. The second-order valence-electron chi connectivity index (χ2n) is 9.11. The summed E-state index contributed by atoms with van der Waals surface area (Å²) >= 11 is 1.29. The molecular weight excluding hydrogens is 534 g/mol. The van der Waals surface area contributed by atoms with Gasteiger partial charge >= 0.3 is 0 Å². The number of aryl methyl sites for hydroxylation is 1. The van der Waals surface area contributed by atoms with Crippen molar-refractivity contribution < 1.29 is 14.3 Å². The Balaban J connectivity index is 1.22. The lowest BCUT2D eigenvalue weighted by atomic mass is 10.2. The highest BCUT2D eigenvalue weighted by molar-refractivity contribution is 7.99. The highest BCUT2D eigenvalue weighted by Gasteiger charge is 2.17. The van der Waals surface area contributed by atoms with Gasteiger partial charge in [-0.05, 0) is 48.4 Å². The maximum absolute atomic E-state index is 12.6. The number of nitrogens with zero attached hydrogens (tertiary/aromatic N) is 4. The van der Waals surface area contributed by atoms with Crippen LogP contribution in [0.15, 0.2) is 113 Å². The maximum Gasteiger partial charge on any atom is 0.250 e. The van der Waals surface area contributed by atoms with Crippen LogP contribution in [0.2, 0.25) is 0 Å². The first-order chi connectivity index (χ1) is 20.1. The summed E-state index contributed by atoms with van der Waals surface area (Å²) in [6, 6.07) is 33.4. The van der Waals surface area contributed by atoms with Crippen LogP contribution in [0.3, 0.4) is 0 Å². The first-order valence-electron chi connectivity index (χ1n) is 13.0. The summed E-state index contributed by atoms with van der Waals surface area (Å²) in [6.45, 7) is 2.47. The third kappa shape index (κ3) is 7.20. The lowest BCUT2D eigenvalue weighted by molar-refractivity contribution is -0.118. The second kappa shape index (κ2) is 13.5. The third-order valence-corrected chi connectivity index (χ3v) is 7.05. The van der Waals surface area contributed by atoms with Gasteiger partial charge in [-0.1, -0.05) is 90.1 Å². The number of aromatic nitrogens is 3. The molecule has 41 heavy (non-hydrogen) atoms. The molecule has 0 saturated heterocycles. The van der Waals surface area contributed by atoms with E-state index in [1.54, 1.807) is 19.4 Å². The number of carbonyl (C=O) groups is 1. The highest BCUT2D eigenvalue weighted by Crippen LogP contribution is 2.29. The van der Waals surface area contributed by atoms with Crippen molar-refractivity contribution >= 4 is 23.9 Å². The van der Waals surface area contributed by atoms with Gasteiger partial charge in [0.15, 0.2) is 22.5 Å². The monoisotopic (exact) mass is 563 g/mol. The van der Waals surface area contributed by atoms with Gasteiger partial charge in [-0.3, -0.25) is 9.36 Å². The Bertz CT molecular complexity index is 1620.